The maximum atomic E-state index is 5.48. The molecule has 30 heavy (non-hydrogen) atoms. The highest BCUT2D eigenvalue weighted by Gasteiger charge is 2.16. The molecule has 0 spiro atoms. The number of H-pyrrole nitrogens is 1. The zero-order valence-electron chi connectivity index (χ0n) is 17.2. The molecule has 0 radical (unpaired) electrons. The van der Waals surface area contributed by atoms with E-state index in [4.69, 9.17) is 14.2 Å². The molecule has 0 saturated heterocycles. The van der Waals surface area contributed by atoms with Gasteiger partial charge in [-0.25, -0.2) is 4.98 Å². The molecule has 4 rings (SSSR count). The number of nitrogens with one attached hydrogen (secondary N) is 2. The number of anilines is 1. The van der Waals surface area contributed by atoms with Crippen molar-refractivity contribution >= 4 is 16.7 Å². The molecule has 0 fully saturated rings. The number of hydrogen-bond acceptors (Lipinski definition) is 6. The van der Waals surface area contributed by atoms with E-state index in [0.717, 1.165) is 46.6 Å². The fourth-order valence-electron chi connectivity index (χ4n) is 3.44. The molecule has 2 N–H and O–H groups in total. The summed E-state index contributed by atoms with van der Waals surface area (Å²) < 4.78 is 16.4. The summed E-state index contributed by atoms with van der Waals surface area (Å²) in [5, 5.41) is 4.51. The van der Waals surface area contributed by atoms with Gasteiger partial charge in [0.05, 0.1) is 21.3 Å². The normalized spacial score (nSPS) is 10.8. The quantitative estimate of drug-likeness (QED) is 0.456. The number of rotatable bonds is 8. The fraction of sp³-hybridized carbons (Fsp3) is 0.217. The maximum Gasteiger partial charge on any atom is 0.203 e. The Labute approximate surface area is 175 Å². The molecule has 0 aliphatic heterocycles. The maximum absolute atomic E-state index is 5.48. The Kier molecular flexibility index (Phi) is 5.70. The Morgan fingerprint density at radius 2 is 1.70 bits per heavy atom. The molecule has 7 heteroatoms. The first-order valence-electron chi connectivity index (χ1n) is 9.65. The van der Waals surface area contributed by atoms with Gasteiger partial charge in [-0.15, -0.1) is 0 Å². The van der Waals surface area contributed by atoms with Crippen molar-refractivity contribution in [1.29, 1.82) is 0 Å². The average Bonchev–Trinajstić information content (AvgIpc) is 3.24. The predicted molar refractivity (Wildman–Crippen MR) is 118 cm³/mol. The molecule has 1 aromatic carbocycles. The molecule has 3 heterocycles. The SMILES string of the molecule is COc1cc(-c2cc3c(NCCc4ccccn4)ccnc3[nH]2)cc(OC)c1OC. The molecule has 3 aromatic heterocycles. The molecule has 4 aromatic rings. The topological polar surface area (TPSA) is 81.3 Å². The van der Waals surface area contributed by atoms with Crippen molar-refractivity contribution in [3.05, 3.63) is 60.6 Å². The molecule has 154 valence electrons. The van der Waals surface area contributed by atoms with Gasteiger partial charge in [0.25, 0.3) is 0 Å². The van der Waals surface area contributed by atoms with Gasteiger partial charge in [-0.1, -0.05) is 6.07 Å². The van der Waals surface area contributed by atoms with Crippen molar-refractivity contribution in [2.24, 2.45) is 0 Å². The fourth-order valence-corrected chi connectivity index (χ4v) is 3.44. The number of aromatic nitrogens is 3. The third-order valence-corrected chi connectivity index (χ3v) is 4.93. The minimum Gasteiger partial charge on any atom is -0.493 e. The van der Waals surface area contributed by atoms with E-state index in [2.05, 4.69) is 26.3 Å². The third kappa shape index (κ3) is 3.87. The second-order valence-electron chi connectivity index (χ2n) is 6.72. The number of fused-ring (bicyclic) bond motifs is 1. The van der Waals surface area contributed by atoms with Crippen molar-refractivity contribution in [3.8, 4) is 28.5 Å². The molecule has 0 saturated carbocycles. The third-order valence-electron chi connectivity index (χ3n) is 4.93. The van der Waals surface area contributed by atoms with Gasteiger partial charge in [0.2, 0.25) is 5.75 Å². The van der Waals surface area contributed by atoms with Crippen LogP contribution in [0.3, 0.4) is 0 Å². The van der Waals surface area contributed by atoms with Gasteiger partial charge in [0.1, 0.15) is 5.65 Å². The van der Waals surface area contributed by atoms with Crippen LogP contribution in [0.15, 0.2) is 54.9 Å². The van der Waals surface area contributed by atoms with E-state index in [1.54, 1.807) is 27.5 Å². The van der Waals surface area contributed by atoms with Crippen molar-refractivity contribution in [1.82, 2.24) is 15.0 Å². The summed E-state index contributed by atoms with van der Waals surface area (Å²) in [5.41, 5.74) is 4.72. The van der Waals surface area contributed by atoms with E-state index >= 15 is 0 Å². The summed E-state index contributed by atoms with van der Waals surface area (Å²) in [6.45, 7) is 0.779. The lowest BCUT2D eigenvalue weighted by Gasteiger charge is -2.13. The highest BCUT2D eigenvalue weighted by molar-refractivity contribution is 5.93. The van der Waals surface area contributed by atoms with Crippen LogP contribution >= 0.6 is 0 Å². The second kappa shape index (κ2) is 8.73. The summed E-state index contributed by atoms with van der Waals surface area (Å²) >= 11 is 0. The predicted octanol–water partition coefficient (Wildman–Crippen LogP) is 4.31. The monoisotopic (exact) mass is 404 g/mol. The zero-order valence-corrected chi connectivity index (χ0v) is 17.2. The largest absolute Gasteiger partial charge is 0.493 e. The summed E-state index contributed by atoms with van der Waals surface area (Å²) in [6, 6.07) is 13.8. The Hall–Kier alpha value is -3.74. The molecule has 0 aliphatic rings. The van der Waals surface area contributed by atoms with Crippen LogP contribution in [0.4, 0.5) is 5.69 Å². The number of aromatic amines is 1. The molecule has 0 amide bonds. The highest BCUT2D eigenvalue weighted by Crippen LogP contribution is 2.41. The van der Waals surface area contributed by atoms with Crippen LogP contribution in [0.5, 0.6) is 17.2 Å². The van der Waals surface area contributed by atoms with Crippen molar-refractivity contribution in [3.63, 3.8) is 0 Å². The number of benzene rings is 1. The molecular weight excluding hydrogens is 380 g/mol. The summed E-state index contributed by atoms with van der Waals surface area (Å²) in [5.74, 6) is 1.77. The van der Waals surface area contributed by atoms with Crippen LogP contribution in [-0.2, 0) is 6.42 Å². The molecular formula is C23H24N4O3. The first-order chi connectivity index (χ1) is 14.7. The Bertz CT molecular complexity index is 1120. The van der Waals surface area contributed by atoms with E-state index in [9.17, 15) is 0 Å². The van der Waals surface area contributed by atoms with Crippen molar-refractivity contribution < 1.29 is 14.2 Å². The standard InChI is InChI=1S/C23H24N4O3/c1-28-20-12-15(13-21(29-2)22(20)30-3)19-14-17-18(8-11-26-23(17)27-19)25-10-7-16-6-4-5-9-24-16/h4-6,8-9,11-14H,7,10H2,1-3H3,(H2,25,26,27). The zero-order chi connectivity index (χ0) is 20.9. The van der Waals surface area contributed by atoms with Crippen molar-refractivity contribution in [2.45, 2.75) is 6.42 Å². The van der Waals surface area contributed by atoms with Crippen LogP contribution in [0.1, 0.15) is 5.69 Å². The van der Waals surface area contributed by atoms with E-state index in [-0.39, 0.29) is 0 Å². The van der Waals surface area contributed by atoms with Gasteiger partial charge >= 0.3 is 0 Å². The van der Waals surface area contributed by atoms with Gasteiger partial charge in [0.15, 0.2) is 11.5 Å². The summed E-state index contributed by atoms with van der Waals surface area (Å²) in [4.78, 5) is 12.2. The number of nitrogens with zero attached hydrogens (tertiary/aromatic N) is 2. The van der Waals surface area contributed by atoms with Crippen LogP contribution in [0, 0.1) is 0 Å². The van der Waals surface area contributed by atoms with E-state index in [0.29, 0.717) is 17.2 Å². The van der Waals surface area contributed by atoms with Crippen molar-refractivity contribution in [2.75, 3.05) is 33.2 Å². The first-order valence-corrected chi connectivity index (χ1v) is 9.65. The Morgan fingerprint density at radius 1 is 0.900 bits per heavy atom. The lowest BCUT2D eigenvalue weighted by molar-refractivity contribution is 0.324. The highest BCUT2D eigenvalue weighted by atomic mass is 16.5. The molecule has 7 nitrogen and oxygen atoms in total. The number of ether oxygens (including phenoxy) is 3. The molecule has 0 aliphatic carbocycles. The number of hydrogen-bond donors (Lipinski definition) is 2. The first kappa shape index (κ1) is 19.6. The van der Waals surface area contributed by atoms with Crippen LogP contribution in [0.25, 0.3) is 22.3 Å². The lowest BCUT2D eigenvalue weighted by Crippen LogP contribution is -2.06. The van der Waals surface area contributed by atoms with Gasteiger partial charge in [-0.3, -0.25) is 4.98 Å². The summed E-state index contributed by atoms with van der Waals surface area (Å²) in [6.07, 6.45) is 4.45. The number of methoxy groups -OCH3 is 3. The van der Waals surface area contributed by atoms with Gasteiger partial charge in [0, 0.05) is 53.4 Å². The summed E-state index contributed by atoms with van der Waals surface area (Å²) in [7, 11) is 4.81. The average molecular weight is 404 g/mol. The van der Waals surface area contributed by atoms with Gasteiger partial charge in [-0.05, 0) is 36.4 Å². The molecule has 0 unspecified atom stereocenters. The minimum absolute atomic E-state index is 0.565. The Balaban J connectivity index is 1.63. The van der Waals surface area contributed by atoms with Crippen LogP contribution in [-0.4, -0.2) is 42.8 Å². The molecule has 0 atom stereocenters. The lowest BCUT2D eigenvalue weighted by atomic mass is 10.1. The number of pyridine rings is 2. The molecule has 0 bridgehead atoms. The van der Waals surface area contributed by atoms with Crippen LogP contribution in [0.2, 0.25) is 0 Å². The smallest absolute Gasteiger partial charge is 0.203 e. The van der Waals surface area contributed by atoms with Gasteiger partial charge < -0.3 is 24.5 Å². The van der Waals surface area contributed by atoms with E-state index < -0.39 is 0 Å². The van der Waals surface area contributed by atoms with E-state index in [1.807, 2.05) is 42.6 Å². The minimum atomic E-state index is 0.565. The van der Waals surface area contributed by atoms with E-state index in [1.165, 1.54) is 0 Å². The second-order valence-corrected chi connectivity index (χ2v) is 6.72. The Morgan fingerprint density at radius 3 is 2.37 bits per heavy atom. The van der Waals surface area contributed by atoms with Gasteiger partial charge in [-0.2, -0.15) is 0 Å². The van der Waals surface area contributed by atoms with Crippen LogP contribution < -0.4 is 19.5 Å².